The molecule has 3 aliphatic heterocycles. The number of benzene rings is 3. The molecular formula is C28H26N2O6. The van der Waals surface area contributed by atoms with Crippen molar-refractivity contribution >= 4 is 17.5 Å². The van der Waals surface area contributed by atoms with Crippen LogP contribution in [0.4, 0.5) is 5.69 Å². The van der Waals surface area contributed by atoms with Crippen molar-refractivity contribution in [2.75, 3.05) is 39.3 Å². The fourth-order valence-electron chi connectivity index (χ4n) is 5.48. The van der Waals surface area contributed by atoms with Crippen LogP contribution in [-0.4, -0.2) is 50.7 Å². The minimum atomic E-state index is -0.621. The molecule has 1 N–H and O–H groups in total. The number of methoxy groups -OCH3 is 2. The van der Waals surface area contributed by atoms with Crippen molar-refractivity contribution in [1.82, 2.24) is 4.90 Å². The zero-order valence-corrected chi connectivity index (χ0v) is 20.1. The van der Waals surface area contributed by atoms with Gasteiger partial charge in [-0.05, 0) is 53.4 Å². The number of rotatable bonds is 4. The Morgan fingerprint density at radius 3 is 2.50 bits per heavy atom. The lowest BCUT2D eigenvalue weighted by atomic mass is 9.75. The van der Waals surface area contributed by atoms with Crippen molar-refractivity contribution in [2.45, 2.75) is 18.4 Å². The number of anilines is 1. The number of amides is 2. The molecule has 3 aromatic rings. The van der Waals surface area contributed by atoms with Gasteiger partial charge in [-0.2, -0.15) is 0 Å². The molecular weight excluding hydrogens is 460 g/mol. The monoisotopic (exact) mass is 486 g/mol. The zero-order valence-electron chi connectivity index (χ0n) is 20.1. The maximum absolute atomic E-state index is 14.0. The van der Waals surface area contributed by atoms with Crippen LogP contribution in [0.5, 0.6) is 23.0 Å². The van der Waals surface area contributed by atoms with Crippen LogP contribution >= 0.6 is 0 Å². The molecule has 8 heteroatoms. The highest BCUT2D eigenvalue weighted by molar-refractivity contribution is 6.04. The van der Waals surface area contributed by atoms with E-state index in [1.54, 1.807) is 38.5 Å². The predicted octanol–water partition coefficient (Wildman–Crippen LogP) is 3.95. The second kappa shape index (κ2) is 8.78. The second-order valence-electron chi connectivity index (χ2n) is 9.01. The Morgan fingerprint density at radius 2 is 1.69 bits per heavy atom. The highest BCUT2D eigenvalue weighted by atomic mass is 16.6. The third kappa shape index (κ3) is 3.52. The molecule has 184 valence electrons. The summed E-state index contributed by atoms with van der Waals surface area (Å²) in [6.45, 7) is 1.46. The summed E-state index contributed by atoms with van der Waals surface area (Å²) in [5.74, 6) is 1.55. The fourth-order valence-corrected chi connectivity index (χ4v) is 5.48. The summed E-state index contributed by atoms with van der Waals surface area (Å²) in [7, 11) is 3.18. The Hall–Kier alpha value is -4.20. The number of hydrogen-bond donors (Lipinski definition) is 1. The van der Waals surface area contributed by atoms with Gasteiger partial charge >= 0.3 is 0 Å². The molecule has 3 heterocycles. The Morgan fingerprint density at radius 1 is 0.944 bits per heavy atom. The predicted molar refractivity (Wildman–Crippen MR) is 132 cm³/mol. The van der Waals surface area contributed by atoms with E-state index in [1.165, 1.54) is 0 Å². The van der Waals surface area contributed by atoms with Gasteiger partial charge < -0.3 is 29.2 Å². The van der Waals surface area contributed by atoms with Gasteiger partial charge in [-0.1, -0.05) is 18.2 Å². The summed E-state index contributed by atoms with van der Waals surface area (Å²) >= 11 is 0. The molecule has 8 nitrogen and oxygen atoms in total. The van der Waals surface area contributed by atoms with Crippen molar-refractivity contribution in [3.8, 4) is 23.0 Å². The first kappa shape index (κ1) is 22.3. The number of ether oxygens (including phenoxy) is 4. The van der Waals surface area contributed by atoms with Gasteiger partial charge in [0.1, 0.15) is 13.2 Å². The second-order valence-corrected chi connectivity index (χ2v) is 9.01. The van der Waals surface area contributed by atoms with Crippen molar-refractivity contribution < 1.29 is 28.5 Å². The minimum Gasteiger partial charge on any atom is -0.493 e. The first-order valence-corrected chi connectivity index (χ1v) is 11.9. The van der Waals surface area contributed by atoms with Crippen LogP contribution in [0.1, 0.15) is 39.0 Å². The number of hydrogen-bond acceptors (Lipinski definition) is 6. The highest BCUT2D eigenvalue weighted by Gasteiger charge is 2.46. The van der Waals surface area contributed by atoms with Gasteiger partial charge in [0, 0.05) is 23.9 Å². The standard InChI is InChI=1S/C28H26N2O6/c1-33-22-13-16-9-10-30-26(20(16)15-23(22)34-2)25(18-5-3-4-6-19(18)28(30)32)27(31)29-17-7-8-21-24(14-17)36-12-11-35-21/h3-8,13-15,25-26H,9-12H2,1-2H3,(H,29,31). The first-order valence-electron chi connectivity index (χ1n) is 11.9. The van der Waals surface area contributed by atoms with Crippen molar-refractivity contribution in [1.29, 1.82) is 0 Å². The van der Waals surface area contributed by atoms with Crippen molar-refractivity contribution in [3.63, 3.8) is 0 Å². The van der Waals surface area contributed by atoms with Crippen LogP contribution in [0.15, 0.2) is 54.6 Å². The molecule has 0 fully saturated rings. The summed E-state index contributed by atoms with van der Waals surface area (Å²) in [6.07, 6.45) is 0.663. The molecule has 0 saturated carbocycles. The van der Waals surface area contributed by atoms with Crippen LogP contribution in [-0.2, 0) is 11.2 Å². The van der Waals surface area contributed by atoms with Crippen molar-refractivity contribution in [3.05, 3.63) is 76.9 Å². The normalized spacial score (nSPS) is 19.5. The molecule has 36 heavy (non-hydrogen) atoms. The number of carbonyl (C=O) groups is 2. The van der Waals surface area contributed by atoms with E-state index in [1.807, 2.05) is 35.2 Å². The molecule has 0 spiro atoms. The van der Waals surface area contributed by atoms with E-state index in [9.17, 15) is 9.59 Å². The van der Waals surface area contributed by atoms with Gasteiger partial charge in [0.25, 0.3) is 5.91 Å². The third-order valence-electron chi connectivity index (χ3n) is 7.12. The van der Waals surface area contributed by atoms with Gasteiger partial charge in [0.2, 0.25) is 5.91 Å². The number of fused-ring (bicyclic) bond motifs is 5. The third-order valence-corrected chi connectivity index (χ3v) is 7.12. The quantitative estimate of drug-likeness (QED) is 0.601. The topological polar surface area (TPSA) is 86.3 Å². The molecule has 0 aromatic heterocycles. The summed E-state index contributed by atoms with van der Waals surface area (Å²) < 4.78 is 22.4. The molecule has 0 radical (unpaired) electrons. The number of nitrogens with zero attached hydrogens (tertiary/aromatic N) is 1. The van der Waals surface area contributed by atoms with E-state index in [4.69, 9.17) is 18.9 Å². The Balaban J connectivity index is 1.44. The van der Waals surface area contributed by atoms with Crippen LogP contribution < -0.4 is 24.3 Å². The van der Waals surface area contributed by atoms with Gasteiger partial charge in [0.05, 0.1) is 26.2 Å². The van der Waals surface area contributed by atoms with E-state index >= 15 is 0 Å². The van der Waals surface area contributed by atoms with Crippen LogP contribution in [0.25, 0.3) is 0 Å². The molecule has 0 saturated heterocycles. The molecule has 0 bridgehead atoms. The maximum Gasteiger partial charge on any atom is 0.254 e. The van der Waals surface area contributed by atoms with E-state index in [0.29, 0.717) is 66.0 Å². The SMILES string of the molecule is COc1cc2c(cc1OC)C1C(C(=O)Nc3ccc4c(c3)OCCO4)c3ccccc3C(=O)N1CC2. The Kier molecular flexibility index (Phi) is 5.44. The van der Waals surface area contributed by atoms with Gasteiger partial charge in [-0.15, -0.1) is 0 Å². The smallest absolute Gasteiger partial charge is 0.254 e. The van der Waals surface area contributed by atoms with Gasteiger partial charge in [-0.25, -0.2) is 0 Å². The van der Waals surface area contributed by atoms with Crippen LogP contribution in [0.2, 0.25) is 0 Å². The lowest BCUT2D eigenvalue weighted by molar-refractivity contribution is -0.119. The Labute approximate surface area is 208 Å². The Bertz CT molecular complexity index is 1370. The zero-order chi connectivity index (χ0) is 24.8. The molecule has 6 rings (SSSR count). The van der Waals surface area contributed by atoms with Gasteiger partial charge in [0.15, 0.2) is 23.0 Å². The number of nitrogens with one attached hydrogen (secondary N) is 1. The summed E-state index contributed by atoms with van der Waals surface area (Å²) in [5.41, 5.74) is 3.80. The first-order chi connectivity index (χ1) is 17.6. The fraction of sp³-hybridized carbons (Fsp3) is 0.286. The molecule has 3 aromatic carbocycles. The van der Waals surface area contributed by atoms with Crippen LogP contribution in [0.3, 0.4) is 0 Å². The molecule has 2 unspecified atom stereocenters. The van der Waals surface area contributed by atoms with Crippen LogP contribution in [0, 0.1) is 0 Å². The lowest BCUT2D eigenvalue weighted by Gasteiger charge is -2.45. The average Bonchev–Trinajstić information content (AvgIpc) is 2.92. The number of carbonyl (C=O) groups excluding carboxylic acids is 2. The van der Waals surface area contributed by atoms with E-state index < -0.39 is 12.0 Å². The lowest BCUT2D eigenvalue weighted by Crippen LogP contribution is -2.49. The summed E-state index contributed by atoms with van der Waals surface area (Å²) in [6, 6.07) is 16.1. The van der Waals surface area contributed by atoms with E-state index in [0.717, 1.165) is 11.1 Å². The van der Waals surface area contributed by atoms with E-state index in [-0.39, 0.29) is 11.8 Å². The summed E-state index contributed by atoms with van der Waals surface area (Å²) in [4.78, 5) is 29.3. The van der Waals surface area contributed by atoms with E-state index in [2.05, 4.69) is 5.32 Å². The molecule has 0 aliphatic carbocycles. The molecule has 3 aliphatic rings. The largest absolute Gasteiger partial charge is 0.493 e. The minimum absolute atomic E-state index is 0.0700. The summed E-state index contributed by atoms with van der Waals surface area (Å²) in [5, 5.41) is 3.06. The highest BCUT2D eigenvalue weighted by Crippen LogP contribution is 2.48. The molecule has 2 atom stereocenters. The average molecular weight is 487 g/mol. The van der Waals surface area contributed by atoms with Gasteiger partial charge in [-0.3, -0.25) is 9.59 Å². The molecule has 2 amide bonds. The maximum atomic E-state index is 14.0. The van der Waals surface area contributed by atoms with Crippen molar-refractivity contribution in [2.24, 2.45) is 0 Å².